The van der Waals surface area contributed by atoms with Crippen molar-refractivity contribution in [3.05, 3.63) is 29.7 Å². The summed E-state index contributed by atoms with van der Waals surface area (Å²) in [5.41, 5.74) is 1.26. The minimum Gasteiger partial charge on any atom is -0.465 e. The summed E-state index contributed by atoms with van der Waals surface area (Å²) in [6, 6.07) is 3.83. The van der Waals surface area contributed by atoms with Crippen molar-refractivity contribution in [3.63, 3.8) is 0 Å². The van der Waals surface area contributed by atoms with Gasteiger partial charge in [0.1, 0.15) is 5.76 Å². The third-order valence-corrected chi connectivity index (χ3v) is 6.23. The van der Waals surface area contributed by atoms with Crippen molar-refractivity contribution in [1.82, 2.24) is 9.62 Å². The van der Waals surface area contributed by atoms with Crippen LogP contribution in [-0.4, -0.2) is 44.7 Å². The zero-order valence-electron chi connectivity index (χ0n) is 13.0. The minimum absolute atomic E-state index is 0.122. The van der Waals surface area contributed by atoms with E-state index >= 15 is 0 Å². The number of hydrogen-bond donors (Lipinski definition) is 1. The molecule has 0 spiro atoms. The van der Waals surface area contributed by atoms with E-state index in [0.29, 0.717) is 12.5 Å². The van der Waals surface area contributed by atoms with E-state index < -0.39 is 10.0 Å². The predicted molar refractivity (Wildman–Crippen MR) is 86.9 cm³/mol. The Morgan fingerprint density at radius 3 is 2.95 bits per heavy atom. The molecule has 0 amide bonds. The third kappa shape index (κ3) is 4.21. The summed E-state index contributed by atoms with van der Waals surface area (Å²) in [4.78, 5) is 2.38. The Kier molecular flexibility index (Phi) is 4.70. The zero-order chi connectivity index (χ0) is 15.6. The standard InChI is InChI=1S/C16H24N2O3S/c1-13(9-15-3-2-8-21-15)11-18-7-6-14(12-18)10-17-22(19,20)16-4-5-16/h2-3,8-9,14,16-17H,4-7,10-12H2,1H3/b13-9+/t14-/m1/s1. The SMILES string of the molecule is C/C(=C\c1ccco1)CN1CC[C@H](CNS(=O)(=O)C2CC2)C1. The monoisotopic (exact) mass is 324 g/mol. The van der Waals surface area contributed by atoms with Crippen molar-refractivity contribution < 1.29 is 12.8 Å². The quantitative estimate of drug-likeness (QED) is 0.834. The van der Waals surface area contributed by atoms with Crippen LogP contribution in [0.4, 0.5) is 0 Å². The molecule has 0 radical (unpaired) electrons. The number of likely N-dealkylation sites (tertiary alicyclic amines) is 1. The van der Waals surface area contributed by atoms with Gasteiger partial charge in [-0.3, -0.25) is 4.90 Å². The van der Waals surface area contributed by atoms with E-state index in [-0.39, 0.29) is 5.25 Å². The average molecular weight is 324 g/mol. The summed E-state index contributed by atoms with van der Waals surface area (Å²) >= 11 is 0. The van der Waals surface area contributed by atoms with Gasteiger partial charge in [-0.05, 0) is 56.9 Å². The second-order valence-corrected chi connectivity index (χ2v) is 8.53. The molecule has 3 rings (SSSR count). The maximum Gasteiger partial charge on any atom is 0.214 e. The Balaban J connectivity index is 1.44. The summed E-state index contributed by atoms with van der Waals surface area (Å²) in [7, 11) is -3.04. The fourth-order valence-electron chi connectivity index (χ4n) is 2.97. The zero-order valence-corrected chi connectivity index (χ0v) is 13.8. The third-order valence-electron chi connectivity index (χ3n) is 4.31. The van der Waals surface area contributed by atoms with E-state index in [1.165, 1.54) is 5.57 Å². The normalized spacial score (nSPS) is 24.0. The molecule has 2 aliphatic rings. The molecule has 2 heterocycles. The van der Waals surface area contributed by atoms with Gasteiger partial charge in [0.2, 0.25) is 10.0 Å². The van der Waals surface area contributed by atoms with Crippen LogP contribution >= 0.6 is 0 Å². The largest absolute Gasteiger partial charge is 0.465 e. The second-order valence-electron chi connectivity index (χ2n) is 6.49. The number of furan rings is 1. The van der Waals surface area contributed by atoms with Crippen molar-refractivity contribution in [2.75, 3.05) is 26.2 Å². The van der Waals surface area contributed by atoms with Crippen LogP contribution in [-0.2, 0) is 10.0 Å². The summed E-state index contributed by atoms with van der Waals surface area (Å²) in [6.07, 6.45) is 6.44. The predicted octanol–water partition coefficient (Wildman–Crippen LogP) is 2.09. The first-order valence-electron chi connectivity index (χ1n) is 7.94. The molecule has 122 valence electrons. The van der Waals surface area contributed by atoms with Gasteiger partial charge in [0.05, 0.1) is 11.5 Å². The molecule has 6 heteroatoms. The lowest BCUT2D eigenvalue weighted by Crippen LogP contribution is -2.33. The van der Waals surface area contributed by atoms with E-state index in [2.05, 4.69) is 22.6 Å². The number of nitrogens with zero attached hydrogens (tertiary/aromatic N) is 1. The van der Waals surface area contributed by atoms with Crippen molar-refractivity contribution in [2.24, 2.45) is 5.92 Å². The van der Waals surface area contributed by atoms with Crippen molar-refractivity contribution in [1.29, 1.82) is 0 Å². The number of rotatable bonds is 7. The molecule has 1 saturated carbocycles. The Hall–Kier alpha value is -1.11. The molecular weight excluding hydrogens is 300 g/mol. The van der Waals surface area contributed by atoms with E-state index in [0.717, 1.165) is 44.7 Å². The summed E-state index contributed by atoms with van der Waals surface area (Å²) in [5, 5.41) is -0.122. The maximum atomic E-state index is 11.8. The molecule has 0 unspecified atom stereocenters. The van der Waals surface area contributed by atoms with E-state index in [4.69, 9.17) is 4.42 Å². The van der Waals surface area contributed by atoms with Crippen LogP contribution in [0.15, 0.2) is 28.4 Å². The van der Waals surface area contributed by atoms with E-state index in [9.17, 15) is 8.42 Å². The van der Waals surface area contributed by atoms with Gasteiger partial charge in [0.25, 0.3) is 0 Å². The Morgan fingerprint density at radius 2 is 2.27 bits per heavy atom. The molecule has 5 nitrogen and oxygen atoms in total. The summed E-state index contributed by atoms with van der Waals surface area (Å²) < 4.78 is 31.8. The second kappa shape index (κ2) is 6.56. The highest BCUT2D eigenvalue weighted by Crippen LogP contribution is 2.27. The molecule has 1 aliphatic heterocycles. The van der Waals surface area contributed by atoms with Crippen molar-refractivity contribution in [2.45, 2.75) is 31.4 Å². The molecule has 1 aliphatic carbocycles. The molecule has 1 aromatic rings. The molecular formula is C16H24N2O3S. The summed E-state index contributed by atoms with van der Waals surface area (Å²) in [5.74, 6) is 1.30. The van der Waals surface area contributed by atoms with Gasteiger partial charge in [-0.1, -0.05) is 5.57 Å². The van der Waals surface area contributed by atoms with Gasteiger partial charge in [0.15, 0.2) is 0 Å². The lowest BCUT2D eigenvalue weighted by Gasteiger charge is -2.16. The molecule has 2 fully saturated rings. The van der Waals surface area contributed by atoms with Crippen LogP contribution in [0.5, 0.6) is 0 Å². The van der Waals surface area contributed by atoms with E-state index in [1.54, 1.807) is 6.26 Å². The molecule has 1 aromatic heterocycles. The Bertz CT molecular complexity index is 618. The van der Waals surface area contributed by atoms with Crippen LogP contribution < -0.4 is 4.72 Å². The van der Waals surface area contributed by atoms with Crippen molar-refractivity contribution in [3.8, 4) is 0 Å². The molecule has 1 N–H and O–H groups in total. The van der Waals surface area contributed by atoms with Gasteiger partial charge in [-0.25, -0.2) is 13.1 Å². The topological polar surface area (TPSA) is 62.6 Å². The number of nitrogens with one attached hydrogen (secondary N) is 1. The highest BCUT2D eigenvalue weighted by atomic mass is 32.2. The fraction of sp³-hybridized carbons (Fsp3) is 0.625. The van der Waals surface area contributed by atoms with Crippen LogP contribution in [0.3, 0.4) is 0 Å². The number of hydrogen-bond acceptors (Lipinski definition) is 4. The highest BCUT2D eigenvalue weighted by molar-refractivity contribution is 7.90. The van der Waals surface area contributed by atoms with Crippen LogP contribution in [0.2, 0.25) is 0 Å². The van der Waals surface area contributed by atoms with Gasteiger partial charge >= 0.3 is 0 Å². The first-order valence-corrected chi connectivity index (χ1v) is 9.49. The van der Waals surface area contributed by atoms with Gasteiger partial charge < -0.3 is 4.42 Å². The van der Waals surface area contributed by atoms with Crippen LogP contribution in [0, 0.1) is 5.92 Å². The van der Waals surface area contributed by atoms with E-state index in [1.807, 2.05) is 12.1 Å². The molecule has 1 saturated heterocycles. The van der Waals surface area contributed by atoms with Crippen molar-refractivity contribution >= 4 is 16.1 Å². The average Bonchev–Trinajstić information content (AvgIpc) is 3.06. The molecule has 22 heavy (non-hydrogen) atoms. The molecule has 0 bridgehead atoms. The lowest BCUT2D eigenvalue weighted by molar-refractivity contribution is 0.351. The maximum absolute atomic E-state index is 11.8. The summed E-state index contributed by atoms with van der Waals surface area (Å²) in [6.45, 7) is 5.57. The lowest BCUT2D eigenvalue weighted by atomic mass is 10.1. The van der Waals surface area contributed by atoms with Crippen LogP contribution in [0.25, 0.3) is 6.08 Å². The van der Waals surface area contributed by atoms with Crippen LogP contribution in [0.1, 0.15) is 31.9 Å². The number of sulfonamides is 1. The Morgan fingerprint density at radius 1 is 1.45 bits per heavy atom. The van der Waals surface area contributed by atoms with Gasteiger partial charge in [-0.2, -0.15) is 0 Å². The minimum atomic E-state index is -3.04. The van der Waals surface area contributed by atoms with Gasteiger partial charge in [-0.15, -0.1) is 0 Å². The van der Waals surface area contributed by atoms with Gasteiger partial charge in [0, 0.05) is 19.6 Å². The smallest absolute Gasteiger partial charge is 0.214 e. The first-order chi connectivity index (χ1) is 10.5. The molecule has 0 aromatic carbocycles. The fourth-order valence-corrected chi connectivity index (χ4v) is 4.43. The Labute approximate surface area is 132 Å². The first kappa shape index (κ1) is 15.8. The highest BCUT2D eigenvalue weighted by Gasteiger charge is 2.36. The molecule has 1 atom stereocenters.